The molecule has 0 saturated carbocycles. The van der Waals surface area contributed by atoms with Gasteiger partial charge in [-0.1, -0.05) is 48.5 Å². The van der Waals surface area contributed by atoms with Crippen molar-refractivity contribution in [1.82, 2.24) is 5.32 Å². The standard InChI is InChI=1S/C26H25NO3/c1-26(2,3)27-16-21-24(29)19-11-7-8-12-23(19)30-25(21)18-13-14-22(28)20(15-18)17-9-5-4-6-10-17/h4-16,25,27-28H,1-3H3. The van der Waals surface area contributed by atoms with Gasteiger partial charge in [-0.3, -0.25) is 4.79 Å². The van der Waals surface area contributed by atoms with E-state index in [1.807, 2.05) is 75.4 Å². The number of ketones is 1. The fourth-order valence-corrected chi connectivity index (χ4v) is 3.47. The zero-order valence-electron chi connectivity index (χ0n) is 17.3. The monoisotopic (exact) mass is 399 g/mol. The largest absolute Gasteiger partial charge is 0.507 e. The van der Waals surface area contributed by atoms with Gasteiger partial charge in [-0.05, 0) is 56.2 Å². The molecule has 1 heterocycles. The SMILES string of the molecule is CC(C)(C)NC=C1C(=O)c2ccccc2OC1c1ccc(O)c(-c2ccccc2)c1. The van der Waals surface area contributed by atoms with Crippen molar-refractivity contribution >= 4 is 5.78 Å². The Morgan fingerprint density at radius 1 is 0.933 bits per heavy atom. The van der Waals surface area contributed by atoms with E-state index < -0.39 is 6.10 Å². The maximum absolute atomic E-state index is 13.3. The first-order chi connectivity index (χ1) is 14.3. The maximum atomic E-state index is 13.3. The summed E-state index contributed by atoms with van der Waals surface area (Å²) in [6, 6.07) is 22.3. The number of Topliss-reactive ketones (excluding diaryl/α,β-unsaturated/α-hetero) is 1. The predicted octanol–water partition coefficient (Wildman–Crippen LogP) is 5.65. The minimum absolute atomic E-state index is 0.0621. The third-order valence-electron chi connectivity index (χ3n) is 4.99. The summed E-state index contributed by atoms with van der Waals surface area (Å²) in [5, 5.41) is 13.7. The van der Waals surface area contributed by atoms with Crippen molar-refractivity contribution in [3.05, 3.63) is 95.7 Å². The molecule has 1 atom stereocenters. The summed E-state index contributed by atoms with van der Waals surface area (Å²) in [4.78, 5) is 13.3. The Hall–Kier alpha value is -3.53. The third kappa shape index (κ3) is 3.94. The molecule has 1 aliphatic heterocycles. The molecule has 0 aromatic heterocycles. The van der Waals surface area contributed by atoms with Crippen LogP contribution in [0.1, 0.15) is 42.8 Å². The summed E-state index contributed by atoms with van der Waals surface area (Å²) in [6.07, 6.45) is 1.18. The first kappa shape index (κ1) is 19.8. The van der Waals surface area contributed by atoms with Gasteiger partial charge in [-0.25, -0.2) is 0 Å². The minimum Gasteiger partial charge on any atom is -0.507 e. The molecule has 0 amide bonds. The third-order valence-corrected chi connectivity index (χ3v) is 4.99. The second-order valence-corrected chi connectivity index (χ2v) is 8.46. The van der Waals surface area contributed by atoms with Gasteiger partial charge in [0.05, 0.1) is 11.1 Å². The van der Waals surface area contributed by atoms with Crippen LogP contribution >= 0.6 is 0 Å². The van der Waals surface area contributed by atoms with Gasteiger partial charge in [0, 0.05) is 17.3 Å². The molecule has 4 nitrogen and oxygen atoms in total. The van der Waals surface area contributed by atoms with Crippen LogP contribution in [0.15, 0.2) is 84.6 Å². The fraction of sp³-hybridized carbons (Fsp3) is 0.192. The zero-order chi connectivity index (χ0) is 21.3. The average Bonchev–Trinajstić information content (AvgIpc) is 2.73. The highest BCUT2D eigenvalue weighted by atomic mass is 16.5. The highest BCUT2D eigenvalue weighted by Gasteiger charge is 2.33. The lowest BCUT2D eigenvalue weighted by Crippen LogP contribution is -2.34. The van der Waals surface area contributed by atoms with Gasteiger partial charge in [-0.2, -0.15) is 0 Å². The quantitative estimate of drug-likeness (QED) is 0.559. The van der Waals surface area contributed by atoms with Crippen molar-refractivity contribution in [2.24, 2.45) is 0 Å². The summed E-state index contributed by atoms with van der Waals surface area (Å²) < 4.78 is 6.29. The van der Waals surface area contributed by atoms with E-state index in [1.165, 1.54) is 0 Å². The number of carbonyl (C=O) groups excluding carboxylic acids is 1. The Kier molecular flexibility index (Phi) is 5.08. The number of carbonyl (C=O) groups is 1. The molecule has 1 aliphatic rings. The zero-order valence-corrected chi connectivity index (χ0v) is 17.3. The molecule has 0 fully saturated rings. The Morgan fingerprint density at radius 2 is 1.63 bits per heavy atom. The number of rotatable bonds is 3. The Bertz CT molecular complexity index is 1110. The van der Waals surface area contributed by atoms with Crippen LogP contribution in [0.5, 0.6) is 11.5 Å². The second kappa shape index (κ2) is 7.71. The molecular formula is C26H25NO3. The van der Waals surface area contributed by atoms with E-state index in [1.54, 1.807) is 24.4 Å². The highest BCUT2D eigenvalue weighted by Crippen LogP contribution is 2.40. The minimum atomic E-state index is -0.578. The number of ether oxygens (including phenoxy) is 1. The number of hydrogen-bond acceptors (Lipinski definition) is 4. The first-order valence-electron chi connectivity index (χ1n) is 10.00. The van der Waals surface area contributed by atoms with Gasteiger partial charge >= 0.3 is 0 Å². The van der Waals surface area contributed by atoms with Gasteiger partial charge < -0.3 is 15.2 Å². The molecule has 0 saturated heterocycles. The van der Waals surface area contributed by atoms with Crippen LogP contribution < -0.4 is 10.1 Å². The van der Waals surface area contributed by atoms with Gasteiger partial charge in [0.2, 0.25) is 0 Å². The normalized spacial score (nSPS) is 17.4. The molecule has 4 heteroatoms. The molecule has 0 spiro atoms. The molecule has 0 radical (unpaired) electrons. The molecule has 30 heavy (non-hydrogen) atoms. The van der Waals surface area contributed by atoms with E-state index in [9.17, 15) is 9.90 Å². The van der Waals surface area contributed by atoms with Gasteiger partial charge in [-0.15, -0.1) is 0 Å². The van der Waals surface area contributed by atoms with Gasteiger partial charge in [0.15, 0.2) is 11.9 Å². The summed E-state index contributed by atoms with van der Waals surface area (Å²) in [5.41, 5.74) is 3.30. The van der Waals surface area contributed by atoms with Crippen LogP contribution in [0.25, 0.3) is 11.1 Å². The Balaban J connectivity index is 1.82. The Morgan fingerprint density at radius 3 is 2.37 bits per heavy atom. The number of phenolic OH excluding ortho intramolecular Hbond substituents is 1. The van der Waals surface area contributed by atoms with E-state index in [0.717, 1.165) is 11.1 Å². The highest BCUT2D eigenvalue weighted by molar-refractivity contribution is 6.12. The van der Waals surface area contributed by atoms with E-state index in [4.69, 9.17) is 4.74 Å². The van der Waals surface area contributed by atoms with E-state index in [0.29, 0.717) is 22.4 Å². The molecule has 1 unspecified atom stereocenters. The van der Waals surface area contributed by atoms with Crippen molar-refractivity contribution in [2.45, 2.75) is 32.4 Å². The second-order valence-electron chi connectivity index (χ2n) is 8.46. The van der Waals surface area contributed by atoms with Crippen LogP contribution in [-0.2, 0) is 0 Å². The van der Waals surface area contributed by atoms with Crippen LogP contribution in [0, 0.1) is 0 Å². The van der Waals surface area contributed by atoms with E-state index in [-0.39, 0.29) is 17.1 Å². The first-order valence-corrected chi connectivity index (χ1v) is 10.00. The van der Waals surface area contributed by atoms with E-state index in [2.05, 4.69) is 5.32 Å². The summed E-state index contributed by atoms with van der Waals surface area (Å²) in [6.45, 7) is 6.11. The van der Waals surface area contributed by atoms with E-state index >= 15 is 0 Å². The number of hydrogen-bond donors (Lipinski definition) is 2. The smallest absolute Gasteiger partial charge is 0.198 e. The van der Waals surface area contributed by atoms with Crippen LogP contribution in [-0.4, -0.2) is 16.4 Å². The van der Waals surface area contributed by atoms with Gasteiger partial charge in [0.1, 0.15) is 11.5 Å². The number of nitrogens with one attached hydrogen (secondary N) is 1. The number of phenols is 1. The van der Waals surface area contributed by atoms with Crippen molar-refractivity contribution in [2.75, 3.05) is 0 Å². The van der Waals surface area contributed by atoms with Crippen LogP contribution in [0.4, 0.5) is 0 Å². The molecule has 0 aliphatic carbocycles. The maximum Gasteiger partial charge on any atom is 0.198 e. The lowest BCUT2D eigenvalue weighted by molar-refractivity contribution is 0.0959. The molecule has 3 aromatic rings. The molecule has 3 aromatic carbocycles. The van der Waals surface area contributed by atoms with Crippen molar-refractivity contribution < 1.29 is 14.6 Å². The number of aromatic hydroxyl groups is 1. The van der Waals surface area contributed by atoms with Crippen molar-refractivity contribution in [3.8, 4) is 22.6 Å². The summed E-state index contributed by atoms with van der Waals surface area (Å²) in [7, 11) is 0. The molecule has 152 valence electrons. The number of para-hydroxylation sites is 1. The lowest BCUT2D eigenvalue weighted by atomic mass is 9.89. The Labute approximate surface area is 176 Å². The van der Waals surface area contributed by atoms with Crippen molar-refractivity contribution in [1.29, 1.82) is 0 Å². The van der Waals surface area contributed by atoms with Crippen molar-refractivity contribution in [3.63, 3.8) is 0 Å². The topological polar surface area (TPSA) is 58.6 Å². The summed E-state index contributed by atoms with van der Waals surface area (Å²) >= 11 is 0. The van der Waals surface area contributed by atoms with Crippen LogP contribution in [0.2, 0.25) is 0 Å². The number of benzene rings is 3. The molecule has 2 N–H and O–H groups in total. The average molecular weight is 399 g/mol. The summed E-state index contributed by atoms with van der Waals surface area (Å²) in [5.74, 6) is 0.688. The lowest BCUT2D eigenvalue weighted by Gasteiger charge is -2.29. The molecule has 0 bridgehead atoms. The number of fused-ring (bicyclic) bond motifs is 1. The molecule has 4 rings (SSSR count). The predicted molar refractivity (Wildman–Crippen MR) is 119 cm³/mol. The van der Waals surface area contributed by atoms with Gasteiger partial charge in [0.25, 0.3) is 0 Å². The van der Waals surface area contributed by atoms with Crippen LogP contribution in [0.3, 0.4) is 0 Å². The molecular weight excluding hydrogens is 374 g/mol. The fourth-order valence-electron chi connectivity index (χ4n) is 3.47.